The Morgan fingerprint density at radius 3 is 3.06 bits per heavy atom. The molecule has 3 rings (SSSR count). The molecular weight excluding hydrogens is 200 g/mol. The second-order valence-electron chi connectivity index (χ2n) is 3.82. The summed E-state index contributed by atoms with van der Waals surface area (Å²) >= 11 is 0. The van der Waals surface area contributed by atoms with Gasteiger partial charge in [0, 0.05) is 30.1 Å². The molecule has 0 bridgehead atoms. The molecule has 0 radical (unpaired) electrons. The zero-order valence-electron chi connectivity index (χ0n) is 9.05. The van der Waals surface area contributed by atoms with E-state index in [0.29, 0.717) is 0 Å². The fourth-order valence-corrected chi connectivity index (χ4v) is 2.09. The summed E-state index contributed by atoms with van der Waals surface area (Å²) in [5.41, 5.74) is 3.73. The van der Waals surface area contributed by atoms with Crippen LogP contribution in [0.15, 0.2) is 36.9 Å². The molecule has 80 valence electrons. The van der Waals surface area contributed by atoms with E-state index in [1.807, 2.05) is 29.2 Å². The molecule has 16 heavy (non-hydrogen) atoms. The normalized spacial score (nSPS) is 13.4. The van der Waals surface area contributed by atoms with Crippen molar-refractivity contribution < 1.29 is 4.74 Å². The maximum atomic E-state index is 5.35. The van der Waals surface area contributed by atoms with E-state index in [4.69, 9.17) is 4.74 Å². The fourth-order valence-electron chi connectivity index (χ4n) is 2.09. The van der Waals surface area contributed by atoms with Gasteiger partial charge < -0.3 is 9.30 Å². The Hall–Kier alpha value is -2.03. The molecule has 3 nitrogen and oxygen atoms in total. The van der Waals surface area contributed by atoms with Gasteiger partial charge in [-0.3, -0.25) is 0 Å². The number of nitrogens with zero attached hydrogens (tertiary/aromatic N) is 2. The third-order valence-corrected chi connectivity index (χ3v) is 2.89. The molecule has 0 saturated heterocycles. The maximum absolute atomic E-state index is 5.35. The molecule has 0 fully saturated rings. The lowest BCUT2D eigenvalue weighted by Gasteiger charge is -2.04. The van der Waals surface area contributed by atoms with Gasteiger partial charge >= 0.3 is 0 Å². The molecule has 0 amide bonds. The minimum Gasteiger partial charge on any atom is -0.496 e. The average molecular weight is 212 g/mol. The van der Waals surface area contributed by atoms with Gasteiger partial charge in [0.15, 0.2) is 0 Å². The first-order valence-corrected chi connectivity index (χ1v) is 5.23. The third kappa shape index (κ3) is 1.33. The Morgan fingerprint density at radius 2 is 2.31 bits per heavy atom. The molecule has 1 aromatic heterocycles. The summed E-state index contributed by atoms with van der Waals surface area (Å²) in [6, 6.07) is 6.16. The van der Waals surface area contributed by atoms with Crippen LogP contribution in [0.25, 0.3) is 11.8 Å². The van der Waals surface area contributed by atoms with Gasteiger partial charge in [-0.05, 0) is 17.7 Å². The van der Waals surface area contributed by atoms with Gasteiger partial charge in [0.25, 0.3) is 0 Å². The molecule has 0 N–H and O–H groups in total. The molecule has 1 aromatic carbocycles. The van der Waals surface area contributed by atoms with Crippen LogP contribution in [0.4, 0.5) is 0 Å². The van der Waals surface area contributed by atoms with E-state index in [1.54, 1.807) is 13.3 Å². The summed E-state index contributed by atoms with van der Waals surface area (Å²) in [7, 11) is 1.71. The first-order valence-electron chi connectivity index (χ1n) is 5.23. The summed E-state index contributed by atoms with van der Waals surface area (Å²) in [4.78, 5) is 4.06. The first kappa shape index (κ1) is 9.21. The molecule has 2 aromatic rings. The van der Waals surface area contributed by atoms with Crippen molar-refractivity contribution in [3.05, 3.63) is 48.0 Å². The third-order valence-electron chi connectivity index (χ3n) is 2.89. The van der Waals surface area contributed by atoms with Gasteiger partial charge in [0.2, 0.25) is 0 Å². The molecule has 1 aliphatic carbocycles. The summed E-state index contributed by atoms with van der Waals surface area (Å²) in [5, 5.41) is 0. The minimum atomic E-state index is 0.933. The van der Waals surface area contributed by atoms with E-state index in [2.05, 4.69) is 17.1 Å². The number of ether oxygens (including phenoxy) is 1. The van der Waals surface area contributed by atoms with Gasteiger partial charge in [0.1, 0.15) is 5.75 Å². The highest BCUT2D eigenvalue weighted by Crippen LogP contribution is 2.33. The average Bonchev–Trinajstić information content (AvgIpc) is 2.96. The van der Waals surface area contributed by atoms with Crippen molar-refractivity contribution in [3.8, 4) is 5.75 Å². The number of fused-ring (bicyclic) bond motifs is 1. The molecular formula is C13H12N2O. The van der Waals surface area contributed by atoms with Crippen LogP contribution < -0.4 is 4.74 Å². The van der Waals surface area contributed by atoms with E-state index in [9.17, 15) is 0 Å². The largest absolute Gasteiger partial charge is 0.496 e. The van der Waals surface area contributed by atoms with Crippen LogP contribution in [0.1, 0.15) is 11.1 Å². The number of rotatable bonds is 2. The number of benzene rings is 1. The Balaban J connectivity index is 2.06. The van der Waals surface area contributed by atoms with E-state index < -0.39 is 0 Å². The summed E-state index contributed by atoms with van der Waals surface area (Å²) in [6.45, 7) is 0. The van der Waals surface area contributed by atoms with Crippen molar-refractivity contribution in [3.63, 3.8) is 0 Å². The number of methoxy groups -OCH3 is 1. The Labute approximate surface area is 94.0 Å². The number of hydrogen-bond donors (Lipinski definition) is 0. The summed E-state index contributed by atoms with van der Waals surface area (Å²) in [6.07, 6.45) is 8.67. The number of imidazole rings is 1. The lowest BCUT2D eigenvalue weighted by atomic mass is 10.1. The maximum Gasteiger partial charge on any atom is 0.126 e. The lowest BCUT2D eigenvalue weighted by molar-refractivity contribution is 0.413. The lowest BCUT2D eigenvalue weighted by Crippen LogP contribution is -1.92. The van der Waals surface area contributed by atoms with Gasteiger partial charge in [-0.25, -0.2) is 4.98 Å². The van der Waals surface area contributed by atoms with Gasteiger partial charge in [0.05, 0.1) is 13.4 Å². The van der Waals surface area contributed by atoms with Crippen LogP contribution in [0.5, 0.6) is 5.75 Å². The predicted octanol–water partition coefficient (Wildman–Crippen LogP) is 2.45. The van der Waals surface area contributed by atoms with E-state index in [0.717, 1.165) is 12.2 Å². The standard InChI is InChI=1S/C13H12N2O/c1-16-13-4-2-3-10-7-11(8-12(10)13)15-6-5-14-9-15/h2-6,8-9H,7H2,1H3. The van der Waals surface area contributed by atoms with E-state index in [1.165, 1.54) is 16.8 Å². The zero-order valence-corrected chi connectivity index (χ0v) is 9.05. The molecule has 1 heterocycles. The highest BCUT2D eigenvalue weighted by Gasteiger charge is 2.16. The van der Waals surface area contributed by atoms with Crippen molar-refractivity contribution in [1.82, 2.24) is 9.55 Å². The first-order chi connectivity index (χ1) is 7.88. The second-order valence-corrected chi connectivity index (χ2v) is 3.82. The van der Waals surface area contributed by atoms with Crippen molar-refractivity contribution >= 4 is 11.8 Å². The number of hydrogen-bond acceptors (Lipinski definition) is 2. The molecule has 0 unspecified atom stereocenters. The second kappa shape index (κ2) is 3.52. The van der Waals surface area contributed by atoms with Crippen LogP contribution in [0.3, 0.4) is 0 Å². The fraction of sp³-hybridized carbons (Fsp3) is 0.154. The topological polar surface area (TPSA) is 27.1 Å². The van der Waals surface area contributed by atoms with Crippen LogP contribution in [-0.4, -0.2) is 16.7 Å². The SMILES string of the molecule is COc1cccc2c1C=C(n1ccnc1)C2. The summed E-state index contributed by atoms with van der Waals surface area (Å²) < 4.78 is 7.39. The molecule has 0 atom stereocenters. The van der Waals surface area contributed by atoms with Crippen LogP contribution in [0, 0.1) is 0 Å². The smallest absolute Gasteiger partial charge is 0.126 e. The van der Waals surface area contributed by atoms with Crippen molar-refractivity contribution in [1.29, 1.82) is 0 Å². The van der Waals surface area contributed by atoms with Crippen molar-refractivity contribution in [2.75, 3.05) is 7.11 Å². The molecule has 1 aliphatic rings. The van der Waals surface area contributed by atoms with Crippen molar-refractivity contribution in [2.45, 2.75) is 6.42 Å². The van der Waals surface area contributed by atoms with Crippen LogP contribution >= 0.6 is 0 Å². The molecule has 0 saturated carbocycles. The quantitative estimate of drug-likeness (QED) is 0.764. The monoisotopic (exact) mass is 212 g/mol. The minimum absolute atomic E-state index is 0.933. The molecule has 0 spiro atoms. The molecule has 0 aliphatic heterocycles. The van der Waals surface area contributed by atoms with Crippen molar-refractivity contribution in [2.24, 2.45) is 0 Å². The van der Waals surface area contributed by atoms with E-state index >= 15 is 0 Å². The Morgan fingerprint density at radius 1 is 1.38 bits per heavy atom. The Bertz CT molecular complexity index is 541. The van der Waals surface area contributed by atoms with E-state index in [-0.39, 0.29) is 0 Å². The predicted molar refractivity (Wildman–Crippen MR) is 63.1 cm³/mol. The Kier molecular flexibility index (Phi) is 2.03. The highest BCUT2D eigenvalue weighted by molar-refractivity contribution is 5.82. The zero-order chi connectivity index (χ0) is 11.0. The van der Waals surface area contributed by atoms with Gasteiger partial charge in [-0.1, -0.05) is 12.1 Å². The van der Waals surface area contributed by atoms with Crippen LogP contribution in [0.2, 0.25) is 0 Å². The number of allylic oxidation sites excluding steroid dienone is 1. The molecule has 3 heteroatoms. The van der Waals surface area contributed by atoms with Crippen LogP contribution in [-0.2, 0) is 6.42 Å². The van der Waals surface area contributed by atoms with Gasteiger partial charge in [-0.2, -0.15) is 0 Å². The highest BCUT2D eigenvalue weighted by atomic mass is 16.5. The number of aromatic nitrogens is 2. The summed E-state index contributed by atoms with van der Waals surface area (Å²) in [5.74, 6) is 0.938. The van der Waals surface area contributed by atoms with Gasteiger partial charge in [-0.15, -0.1) is 0 Å².